The Morgan fingerprint density at radius 1 is 0.587 bits per heavy atom. The van der Waals surface area contributed by atoms with Crippen molar-refractivity contribution in [3.8, 4) is 0 Å². The lowest BCUT2D eigenvalue weighted by atomic mass is 9.95. The van der Waals surface area contributed by atoms with Crippen molar-refractivity contribution in [2.75, 3.05) is 128 Å². The van der Waals surface area contributed by atoms with Crippen LogP contribution in [-0.2, 0) is 92.5 Å². The number of carbonyl (C=O) groups excluding carboxylic acids is 13. The number of guanidine groups is 1. The third-order valence-corrected chi connectivity index (χ3v) is 20.0. The summed E-state index contributed by atoms with van der Waals surface area (Å²) in [6.07, 6.45) is 1.77. The van der Waals surface area contributed by atoms with Gasteiger partial charge in [-0.05, 0) is 103 Å². The highest BCUT2D eigenvalue weighted by Crippen LogP contribution is 2.24. The number of carboxylic acid groups (broad SMARTS) is 1. The molecule has 13 amide bonds. The highest BCUT2D eigenvalue weighted by atomic mass is 33.1. The summed E-state index contributed by atoms with van der Waals surface area (Å²) in [7, 11) is 1.81. The van der Waals surface area contributed by atoms with E-state index in [1.165, 1.54) is 0 Å². The number of hydrogen-bond acceptors (Lipinski definition) is 26. The van der Waals surface area contributed by atoms with Gasteiger partial charge in [0, 0.05) is 69.2 Å². The maximum Gasteiger partial charge on any atom is 0.305 e. The van der Waals surface area contributed by atoms with E-state index in [4.69, 9.17) is 41.9 Å². The number of ether oxygens (including phenoxy) is 4. The van der Waals surface area contributed by atoms with Crippen molar-refractivity contribution in [3.05, 3.63) is 35.9 Å². The van der Waals surface area contributed by atoms with Crippen molar-refractivity contribution in [1.82, 2.24) is 69.1 Å². The molecule has 2 saturated heterocycles. The SMILES string of the molecule is C/C(=N\O)C(C)(C)NCCC(CCN)CCNC(=O)CCCC(=O)NCCCC[C@@H]1NC(=O)CSC[C@@H](C(=O)NCCOCCOCCOCCNC(=O)COCC(N)=O)NC(=O)[C@H](Cc2ccccc2)NC(=O)[C@@H]2CSSC[C@H](NC1=O)C(=O)N[C@@H](CCCN=C(N)N)C(=O)NCC(=O)N[C@@H](CC(=O)O)C(=O)N2. The smallest absolute Gasteiger partial charge is 0.305 e. The summed E-state index contributed by atoms with van der Waals surface area (Å²) in [5.74, 6) is -13.0. The molecule has 1 aromatic carbocycles. The quantitative estimate of drug-likeness (QED) is 0.00725. The van der Waals surface area contributed by atoms with Gasteiger partial charge in [-0.3, -0.25) is 72.1 Å². The molecule has 0 aliphatic carbocycles. The summed E-state index contributed by atoms with van der Waals surface area (Å²) in [4.78, 5) is 193. The lowest BCUT2D eigenvalue weighted by Gasteiger charge is -2.27. The number of carbonyl (C=O) groups is 14. The number of aliphatic carboxylic acids is 1. The minimum atomic E-state index is -1.84. The highest BCUT2D eigenvalue weighted by Gasteiger charge is 2.36. The Labute approximate surface area is 645 Å². The number of oxime groups is 1. The fraction of sp³-hybridized carbons (Fsp3) is 0.672. The Balaban J connectivity index is 1.91. The average molecular weight is 1600 g/mol. The molecule has 1 unspecified atom stereocenters. The van der Waals surface area contributed by atoms with Crippen LogP contribution in [-0.4, -0.2) is 281 Å². The number of nitrogens with two attached hydrogens (primary N) is 4. The molecule has 23 N–H and O–H groups in total. The van der Waals surface area contributed by atoms with E-state index in [2.05, 4.69) is 79.3 Å². The second-order valence-corrected chi connectivity index (χ2v) is 29.4. The number of thioether (sulfide) groups is 1. The zero-order valence-electron chi connectivity index (χ0n) is 62.0. The van der Waals surface area contributed by atoms with Crippen molar-refractivity contribution in [3.63, 3.8) is 0 Å². The van der Waals surface area contributed by atoms with Gasteiger partial charge in [-0.25, -0.2) is 0 Å². The number of primary amides is 1. The molecule has 2 aliphatic rings. The second kappa shape index (κ2) is 54.9. The van der Waals surface area contributed by atoms with Gasteiger partial charge in [-0.1, -0.05) is 57.1 Å². The molecule has 0 saturated carbocycles. The van der Waals surface area contributed by atoms with Crippen molar-refractivity contribution in [2.45, 2.75) is 152 Å². The van der Waals surface area contributed by atoms with Gasteiger partial charge in [0.1, 0.15) is 55.5 Å². The molecule has 1 aromatic rings. The fourth-order valence-corrected chi connectivity index (χ4v) is 13.5. The van der Waals surface area contributed by atoms with E-state index in [1.54, 1.807) is 37.3 Å². The number of benzene rings is 1. The monoisotopic (exact) mass is 1600 g/mol. The summed E-state index contributed by atoms with van der Waals surface area (Å²) in [5, 5.41) is 57.3. The summed E-state index contributed by atoms with van der Waals surface area (Å²) < 4.78 is 21.4. The van der Waals surface area contributed by atoms with Crippen LogP contribution in [0.2, 0.25) is 0 Å². The first-order chi connectivity index (χ1) is 52.1. The van der Waals surface area contributed by atoms with E-state index in [0.717, 1.165) is 46.2 Å². The van der Waals surface area contributed by atoms with E-state index in [1.807, 2.05) is 13.8 Å². The molecular weight excluding hydrogens is 1490 g/mol. The minimum absolute atomic E-state index is 0.00684. The molecule has 612 valence electrons. The van der Waals surface area contributed by atoms with Gasteiger partial charge in [0.2, 0.25) is 76.8 Å². The van der Waals surface area contributed by atoms with E-state index < -0.39 is 144 Å². The average Bonchev–Trinajstić information content (AvgIpc) is 1.37. The number of nitrogens with one attached hydrogen (secondary N) is 13. The number of amides is 13. The first-order valence-corrected chi connectivity index (χ1v) is 39.6. The van der Waals surface area contributed by atoms with Gasteiger partial charge >= 0.3 is 5.97 Å². The van der Waals surface area contributed by atoms with Gasteiger partial charge in [0.25, 0.3) is 0 Å². The lowest BCUT2D eigenvalue weighted by molar-refractivity contribution is -0.141. The standard InChI is InChI=1S/C67H111N19O20S3/c1-42(86-102)67(2,3)78-24-19-43(17-20-68)18-23-73-54(89)16-9-15-53(88)72-21-8-7-13-46-61(97)84-50-39-108-109-40-51(85-63(99)48(34-58(93)94)80-55(90)35-77-59(95)45(81-64(50)100)14-10-22-76-66(70)71)65(101)82-47(33-44-11-5-4-6-12-44)62(98)83-49(38-107-41-57(92)79-46)60(96)75-26-28-104-30-32-105-31-29-103-27-25-74-56(91)37-106-36-52(69)87/h4-6,11-12,43,45-51,78,102H,7-10,13-41,68H2,1-3H3,(H2,69,87)(H,72,88)(H,73,89)(H,74,91)(H,75,96)(H,77,95)(H,79,92)(H,80,90)(H,81,100)(H,82,101)(H,83,98)(H,84,97)(H,85,99)(H,93,94)(H4,70,71,76)/b86-42+/t43?,45-,46-,47-,48-,49-,50-,51-/m0/s1. The minimum Gasteiger partial charge on any atom is -0.481 e. The Morgan fingerprint density at radius 2 is 1.15 bits per heavy atom. The number of fused-ring (bicyclic) bond motifs is 5. The molecule has 8 atom stereocenters. The van der Waals surface area contributed by atoms with Crippen LogP contribution in [0.3, 0.4) is 0 Å². The topological polar surface area (TPSA) is 602 Å². The molecule has 3 rings (SSSR count). The van der Waals surface area contributed by atoms with Gasteiger partial charge in [0.05, 0.1) is 69.6 Å². The van der Waals surface area contributed by atoms with Crippen LogP contribution >= 0.6 is 33.3 Å². The molecule has 2 fully saturated rings. The van der Waals surface area contributed by atoms with Gasteiger partial charge in [-0.2, -0.15) is 0 Å². The molecule has 109 heavy (non-hydrogen) atoms. The van der Waals surface area contributed by atoms with E-state index in [0.29, 0.717) is 37.3 Å². The zero-order valence-corrected chi connectivity index (χ0v) is 64.5. The van der Waals surface area contributed by atoms with Crippen LogP contribution in [0.5, 0.6) is 0 Å². The molecule has 42 heteroatoms. The van der Waals surface area contributed by atoms with E-state index in [-0.39, 0.29) is 171 Å². The van der Waals surface area contributed by atoms with E-state index >= 15 is 0 Å². The molecule has 2 aliphatic heterocycles. The first-order valence-electron chi connectivity index (χ1n) is 35.9. The molecular formula is C67H111N19O20S3. The maximum absolute atomic E-state index is 14.7. The lowest BCUT2D eigenvalue weighted by Crippen LogP contribution is -2.60. The van der Waals surface area contributed by atoms with Crippen molar-refractivity contribution < 1.29 is 96.4 Å². The Bertz CT molecular complexity index is 3140. The molecule has 0 spiro atoms. The number of unbranched alkanes of at least 4 members (excludes halogenated alkanes) is 1. The fourth-order valence-electron chi connectivity index (χ4n) is 10.4. The first kappa shape index (κ1) is 94.6. The van der Waals surface area contributed by atoms with Crippen LogP contribution in [0.1, 0.15) is 103 Å². The molecule has 2 bridgehead atoms. The Morgan fingerprint density at radius 3 is 1.76 bits per heavy atom. The van der Waals surface area contributed by atoms with Crippen LogP contribution in [0, 0.1) is 5.92 Å². The van der Waals surface area contributed by atoms with Gasteiger partial charge < -0.3 is 121 Å². The summed E-state index contributed by atoms with van der Waals surface area (Å²) in [6, 6.07) is -2.30. The van der Waals surface area contributed by atoms with Gasteiger partial charge in [0.15, 0.2) is 5.96 Å². The third kappa shape index (κ3) is 42.8. The zero-order chi connectivity index (χ0) is 80.4. The van der Waals surface area contributed by atoms with E-state index in [9.17, 15) is 77.4 Å². The third-order valence-electron chi connectivity index (χ3n) is 16.6. The number of rotatable bonds is 44. The highest BCUT2D eigenvalue weighted by molar-refractivity contribution is 8.76. The molecule has 2 heterocycles. The predicted octanol–water partition coefficient (Wildman–Crippen LogP) is -5.27. The van der Waals surface area contributed by atoms with Crippen molar-refractivity contribution >= 4 is 128 Å². The molecule has 0 aromatic heterocycles. The number of hydrogen-bond donors (Lipinski definition) is 19. The van der Waals surface area contributed by atoms with Crippen LogP contribution in [0.25, 0.3) is 0 Å². The van der Waals surface area contributed by atoms with Crippen molar-refractivity contribution in [1.29, 1.82) is 0 Å². The summed E-state index contributed by atoms with van der Waals surface area (Å²) in [6.45, 7) is 6.40. The second-order valence-electron chi connectivity index (χ2n) is 25.8. The Kier molecular flexibility index (Phi) is 47.6. The number of aliphatic imine (C=N–C) groups is 1. The predicted molar refractivity (Wildman–Crippen MR) is 407 cm³/mol. The number of carboxylic acids is 1. The Hall–Kier alpha value is -8.65. The summed E-state index contributed by atoms with van der Waals surface area (Å²) in [5.41, 5.74) is 22.5. The van der Waals surface area contributed by atoms with Crippen LogP contribution in [0.15, 0.2) is 40.5 Å². The largest absolute Gasteiger partial charge is 0.481 e. The molecule has 0 radical (unpaired) electrons. The van der Waals surface area contributed by atoms with Gasteiger partial charge in [-0.15, -0.1) is 11.8 Å². The normalized spacial score (nSPS) is 20.1. The summed E-state index contributed by atoms with van der Waals surface area (Å²) >= 11 is 0.887. The number of nitrogens with zero attached hydrogens (tertiary/aromatic N) is 2. The molecule has 39 nitrogen and oxygen atoms in total. The maximum atomic E-state index is 14.7. The van der Waals surface area contributed by atoms with Crippen molar-refractivity contribution in [2.24, 2.45) is 39.0 Å². The van der Waals surface area contributed by atoms with Crippen LogP contribution < -0.4 is 92.1 Å². The van der Waals surface area contributed by atoms with Crippen LogP contribution in [0.4, 0.5) is 0 Å².